The number of amides is 2. The Balaban J connectivity index is 1.57. The molecule has 3 aromatic rings. The maximum absolute atomic E-state index is 13.1. The van der Waals surface area contributed by atoms with Gasteiger partial charge in [-0.15, -0.1) is 0 Å². The van der Waals surface area contributed by atoms with Crippen LogP contribution >= 0.6 is 0 Å². The van der Waals surface area contributed by atoms with Crippen LogP contribution in [-0.4, -0.2) is 27.0 Å². The molecule has 0 aliphatic carbocycles. The molecule has 0 radical (unpaired) electrons. The first-order valence-corrected chi connectivity index (χ1v) is 13.7. The smallest absolute Gasteiger partial charge is 0.279 e. The lowest BCUT2D eigenvalue weighted by molar-refractivity contribution is -0.126. The average Bonchev–Trinajstić information content (AvgIpc) is 3.41. The number of nitrogens with one attached hydrogen (secondary N) is 2. The SMILES string of the molecule is C=CS(=O)(=O)NC(=O)C(Oc1ccc(C(=O)NOCc2ccccc2)cc1CCC)c1ccc2c(c1)OCO2. The van der Waals surface area contributed by atoms with Gasteiger partial charge in [-0.1, -0.05) is 56.3 Å². The molecular formula is C28H28N2O8S. The van der Waals surface area contributed by atoms with E-state index >= 15 is 0 Å². The summed E-state index contributed by atoms with van der Waals surface area (Å²) >= 11 is 0. The minimum absolute atomic E-state index is 0.0284. The minimum Gasteiger partial charge on any atom is -0.475 e. The van der Waals surface area contributed by atoms with Gasteiger partial charge in [0, 0.05) is 16.5 Å². The number of hydrogen-bond donors (Lipinski definition) is 2. The van der Waals surface area contributed by atoms with E-state index in [1.165, 1.54) is 6.07 Å². The van der Waals surface area contributed by atoms with Gasteiger partial charge >= 0.3 is 0 Å². The van der Waals surface area contributed by atoms with Gasteiger partial charge in [0.15, 0.2) is 11.5 Å². The van der Waals surface area contributed by atoms with E-state index in [1.807, 2.05) is 42.0 Å². The predicted octanol–water partition coefficient (Wildman–Crippen LogP) is 3.94. The number of ether oxygens (including phenoxy) is 3. The summed E-state index contributed by atoms with van der Waals surface area (Å²) in [5.74, 6) is -0.165. The van der Waals surface area contributed by atoms with Crippen LogP contribution in [0.3, 0.4) is 0 Å². The maximum atomic E-state index is 13.1. The molecule has 4 rings (SSSR count). The molecule has 10 nitrogen and oxygen atoms in total. The van der Waals surface area contributed by atoms with Crippen molar-refractivity contribution in [3.63, 3.8) is 0 Å². The number of carbonyl (C=O) groups is 2. The van der Waals surface area contributed by atoms with E-state index in [1.54, 1.807) is 30.3 Å². The van der Waals surface area contributed by atoms with Crippen molar-refractivity contribution in [2.45, 2.75) is 32.5 Å². The number of fused-ring (bicyclic) bond motifs is 1. The van der Waals surface area contributed by atoms with Crippen LogP contribution in [0.25, 0.3) is 0 Å². The zero-order chi connectivity index (χ0) is 27.8. The lowest BCUT2D eigenvalue weighted by Gasteiger charge is -2.21. The fourth-order valence-corrected chi connectivity index (χ4v) is 4.30. The highest BCUT2D eigenvalue weighted by Gasteiger charge is 2.29. The summed E-state index contributed by atoms with van der Waals surface area (Å²) in [6.45, 7) is 5.41. The first-order chi connectivity index (χ1) is 18.8. The number of hydrogen-bond acceptors (Lipinski definition) is 8. The molecule has 11 heteroatoms. The molecule has 2 N–H and O–H groups in total. The van der Waals surface area contributed by atoms with Crippen LogP contribution in [0.2, 0.25) is 0 Å². The van der Waals surface area contributed by atoms with Gasteiger partial charge in [0.1, 0.15) is 5.75 Å². The van der Waals surface area contributed by atoms with Gasteiger partial charge in [0.2, 0.25) is 12.9 Å². The van der Waals surface area contributed by atoms with Crippen LogP contribution in [0.15, 0.2) is 78.7 Å². The van der Waals surface area contributed by atoms with Crippen LogP contribution in [0, 0.1) is 0 Å². The zero-order valence-electron chi connectivity index (χ0n) is 21.2. The van der Waals surface area contributed by atoms with Gasteiger partial charge in [-0.2, -0.15) is 0 Å². The fourth-order valence-electron chi connectivity index (χ4n) is 3.83. The van der Waals surface area contributed by atoms with Crippen molar-refractivity contribution in [3.05, 3.63) is 101 Å². The Morgan fingerprint density at radius 1 is 1.05 bits per heavy atom. The van der Waals surface area contributed by atoms with E-state index in [4.69, 9.17) is 19.0 Å². The van der Waals surface area contributed by atoms with Gasteiger partial charge in [-0.25, -0.2) is 18.6 Å². The highest BCUT2D eigenvalue weighted by atomic mass is 32.2. The molecule has 3 aromatic carbocycles. The zero-order valence-corrected chi connectivity index (χ0v) is 22.0. The molecule has 0 fully saturated rings. The standard InChI is InChI=1S/C28H28N2O8S/c1-3-8-20-15-22(27(31)29-37-17-19-9-6-5-7-10-19)12-13-23(20)38-26(28(32)30-39(33,34)4-2)21-11-14-24-25(16-21)36-18-35-24/h4-7,9-16,26H,2-3,8,17-18H2,1H3,(H,29,31)(H,30,32). The van der Waals surface area contributed by atoms with Crippen LogP contribution in [-0.2, 0) is 32.7 Å². The van der Waals surface area contributed by atoms with Crippen molar-refractivity contribution in [2.75, 3.05) is 6.79 Å². The van der Waals surface area contributed by atoms with Crippen LogP contribution in [0.5, 0.6) is 17.2 Å². The number of aryl methyl sites for hydroxylation is 1. The summed E-state index contributed by atoms with van der Waals surface area (Å²) in [6, 6.07) is 18.9. The normalized spacial score (nSPS) is 12.8. The van der Waals surface area contributed by atoms with Crippen molar-refractivity contribution >= 4 is 21.8 Å². The van der Waals surface area contributed by atoms with E-state index < -0.39 is 27.9 Å². The van der Waals surface area contributed by atoms with Crippen molar-refractivity contribution in [3.8, 4) is 17.2 Å². The molecule has 1 unspecified atom stereocenters. The Labute approximate surface area is 226 Å². The predicted molar refractivity (Wildman–Crippen MR) is 142 cm³/mol. The molecule has 204 valence electrons. The molecule has 0 saturated carbocycles. The van der Waals surface area contributed by atoms with Gasteiger partial charge < -0.3 is 14.2 Å². The molecule has 1 aliphatic heterocycles. The van der Waals surface area contributed by atoms with E-state index in [0.717, 1.165) is 12.0 Å². The molecule has 1 aliphatic rings. The number of carbonyl (C=O) groups excluding carboxylic acids is 2. The highest BCUT2D eigenvalue weighted by molar-refractivity contribution is 7.92. The Morgan fingerprint density at radius 2 is 1.82 bits per heavy atom. The Bertz CT molecular complexity index is 1460. The number of benzene rings is 3. The van der Waals surface area contributed by atoms with Gasteiger partial charge in [-0.3, -0.25) is 14.4 Å². The second kappa shape index (κ2) is 12.5. The van der Waals surface area contributed by atoms with E-state index in [9.17, 15) is 18.0 Å². The van der Waals surface area contributed by atoms with E-state index in [2.05, 4.69) is 12.1 Å². The Hall–Kier alpha value is -4.35. The number of rotatable bonds is 12. The first-order valence-electron chi connectivity index (χ1n) is 12.1. The summed E-state index contributed by atoms with van der Waals surface area (Å²) in [6.07, 6.45) is -0.113. The topological polar surface area (TPSA) is 129 Å². The third kappa shape index (κ3) is 7.15. The number of hydroxylamine groups is 1. The molecule has 0 aromatic heterocycles. The fraction of sp³-hybridized carbons (Fsp3) is 0.214. The molecule has 0 saturated heterocycles. The third-order valence-corrected chi connectivity index (χ3v) is 6.66. The van der Waals surface area contributed by atoms with Crippen molar-refractivity contribution < 1.29 is 37.1 Å². The lowest BCUT2D eigenvalue weighted by atomic mass is 10.0. The van der Waals surface area contributed by atoms with Gasteiger partial charge in [0.25, 0.3) is 21.8 Å². The van der Waals surface area contributed by atoms with Crippen molar-refractivity contribution in [1.82, 2.24) is 10.2 Å². The first kappa shape index (κ1) is 27.7. The average molecular weight is 553 g/mol. The highest BCUT2D eigenvalue weighted by Crippen LogP contribution is 2.36. The molecule has 39 heavy (non-hydrogen) atoms. The molecule has 2 amide bonds. The van der Waals surface area contributed by atoms with Crippen LogP contribution < -0.4 is 24.4 Å². The molecule has 0 bridgehead atoms. The lowest BCUT2D eigenvalue weighted by Crippen LogP contribution is -2.35. The second-order valence-corrected chi connectivity index (χ2v) is 10.2. The maximum Gasteiger partial charge on any atom is 0.279 e. The molecule has 0 spiro atoms. The summed E-state index contributed by atoms with van der Waals surface area (Å²) in [4.78, 5) is 31.1. The van der Waals surface area contributed by atoms with Crippen molar-refractivity contribution in [2.24, 2.45) is 0 Å². The van der Waals surface area contributed by atoms with Gasteiger partial charge in [0.05, 0.1) is 6.61 Å². The Morgan fingerprint density at radius 3 is 2.56 bits per heavy atom. The third-order valence-electron chi connectivity index (χ3n) is 5.73. The summed E-state index contributed by atoms with van der Waals surface area (Å²) in [7, 11) is -4.08. The summed E-state index contributed by atoms with van der Waals surface area (Å²) in [5.41, 5.74) is 4.66. The van der Waals surface area contributed by atoms with Crippen LogP contribution in [0.4, 0.5) is 0 Å². The summed E-state index contributed by atoms with van der Waals surface area (Å²) < 4.78 is 42.9. The molecule has 1 heterocycles. The quantitative estimate of drug-likeness (QED) is 0.323. The van der Waals surface area contributed by atoms with Gasteiger partial charge in [-0.05, 0) is 47.9 Å². The van der Waals surface area contributed by atoms with Crippen molar-refractivity contribution in [1.29, 1.82) is 0 Å². The largest absolute Gasteiger partial charge is 0.475 e. The summed E-state index contributed by atoms with van der Waals surface area (Å²) in [5, 5.41) is 0.636. The molecule has 1 atom stereocenters. The number of sulfonamides is 1. The second-order valence-electron chi connectivity index (χ2n) is 8.57. The van der Waals surface area contributed by atoms with E-state index in [0.29, 0.717) is 45.8 Å². The molecular weight excluding hydrogens is 524 g/mol. The Kier molecular flexibility index (Phi) is 8.84. The minimum atomic E-state index is -4.08. The van der Waals surface area contributed by atoms with Crippen LogP contribution in [0.1, 0.15) is 46.5 Å². The monoisotopic (exact) mass is 552 g/mol. The van der Waals surface area contributed by atoms with E-state index in [-0.39, 0.29) is 13.4 Å².